The molecule has 1 saturated carbocycles. The quantitative estimate of drug-likeness (QED) is 0.738. The molecule has 7 heteroatoms. The molecule has 0 atom stereocenters. The zero-order valence-electron chi connectivity index (χ0n) is 15.0. The standard InChI is InChI=1S/C19H27N3O3S/c23-18(15-7-3-1-2-4-8-15)22-13-11-19(12-14-22)20-16-9-5-6-10-17(16)26(24,25)21-19/h5-6,9-10,15,20-21H,1-4,7-8,11-14H2. The molecule has 4 rings (SSSR count). The molecule has 0 unspecified atom stereocenters. The van der Waals surface area contributed by atoms with Crippen LogP contribution in [-0.4, -0.2) is 38.0 Å². The van der Waals surface area contributed by atoms with Gasteiger partial charge in [0.25, 0.3) is 0 Å². The zero-order valence-corrected chi connectivity index (χ0v) is 15.9. The minimum Gasteiger partial charge on any atom is -0.365 e. The van der Waals surface area contributed by atoms with Gasteiger partial charge in [0.15, 0.2) is 0 Å². The van der Waals surface area contributed by atoms with E-state index in [9.17, 15) is 13.2 Å². The van der Waals surface area contributed by atoms with E-state index in [0.717, 1.165) is 25.7 Å². The Balaban J connectivity index is 1.46. The Kier molecular flexibility index (Phi) is 4.69. The third kappa shape index (κ3) is 3.34. The number of nitrogens with one attached hydrogen (secondary N) is 2. The van der Waals surface area contributed by atoms with Gasteiger partial charge in [0.1, 0.15) is 10.6 Å². The smallest absolute Gasteiger partial charge is 0.244 e. The first-order chi connectivity index (χ1) is 12.5. The lowest BCUT2D eigenvalue weighted by atomic mass is 9.93. The van der Waals surface area contributed by atoms with Crippen LogP contribution >= 0.6 is 0 Å². The molecule has 2 N–H and O–H groups in total. The van der Waals surface area contributed by atoms with E-state index in [1.54, 1.807) is 18.2 Å². The van der Waals surface area contributed by atoms with Crippen LogP contribution < -0.4 is 10.0 Å². The van der Waals surface area contributed by atoms with Crippen LogP contribution in [0.5, 0.6) is 0 Å². The number of para-hydroxylation sites is 1. The molecule has 1 aromatic carbocycles. The molecule has 1 amide bonds. The summed E-state index contributed by atoms with van der Waals surface area (Å²) in [7, 11) is -3.53. The van der Waals surface area contributed by atoms with Crippen molar-refractivity contribution in [1.29, 1.82) is 0 Å². The zero-order chi connectivity index (χ0) is 18.2. The summed E-state index contributed by atoms with van der Waals surface area (Å²) in [6.45, 7) is 1.18. The molecule has 0 radical (unpaired) electrons. The number of nitrogens with zero attached hydrogens (tertiary/aromatic N) is 1. The third-order valence-electron chi connectivity index (χ3n) is 6.01. The lowest BCUT2D eigenvalue weighted by Crippen LogP contribution is -2.62. The summed E-state index contributed by atoms with van der Waals surface area (Å²) in [6, 6.07) is 6.98. The number of likely N-dealkylation sites (tertiary alicyclic amines) is 1. The predicted octanol–water partition coefficient (Wildman–Crippen LogP) is 2.68. The lowest BCUT2D eigenvalue weighted by molar-refractivity contribution is -0.137. The van der Waals surface area contributed by atoms with Gasteiger partial charge in [-0.05, 0) is 25.0 Å². The molecule has 0 aromatic heterocycles. The van der Waals surface area contributed by atoms with Crippen LogP contribution in [-0.2, 0) is 14.8 Å². The number of fused-ring (bicyclic) bond motifs is 1. The molecule has 0 bridgehead atoms. The largest absolute Gasteiger partial charge is 0.365 e. The SMILES string of the molecule is O=C(C1CCCCCC1)N1CCC2(CC1)Nc1ccccc1S(=O)(=O)N2. The van der Waals surface area contributed by atoms with Crippen LogP contribution in [0.15, 0.2) is 29.2 Å². The van der Waals surface area contributed by atoms with Crippen LogP contribution in [0.1, 0.15) is 51.4 Å². The number of carbonyl (C=O) groups is 1. The fourth-order valence-corrected chi connectivity index (χ4v) is 6.07. The summed E-state index contributed by atoms with van der Waals surface area (Å²) in [5.74, 6) is 0.420. The second-order valence-electron chi connectivity index (χ2n) is 7.82. The highest BCUT2D eigenvalue weighted by Gasteiger charge is 2.44. The van der Waals surface area contributed by atoms with Gasteiger partial charge in [0.05, 0.1) is 5.69 Å². The molecule has 3 aliphatic rings. The molecule has 2 aliphatic heterocycles. The molecule has 1 aromatic rings. The van der Waals surface area contributed by atoms with E-state index < -0.39 is 15.7 Å². The predicted molar refractivity (Wildman–Crippen MR) is 100 cm³/mol. The second kappa shape index (κ2) is 6.85. The van der Waals surface area contributed by atoms with Crippen LogP contribution in [0.3, 0.4) is 0 Å². The average molecular weight is 378 g/mol. The van der Waals surface area contributed by atoms with Gasteiger partial charge >= 0.3 is 0 Å². The van der Waals surface area contributed by atoms with Crippen molar-refractivity contribution < 1.29 is 13.2 Å². The number of benzene rings is 1. The van der Waals surface area contributed by atoms with Gasteiger partial charge in [0.2, 0.25) is 15.9 Å². The normalized spacial score (nSPS) is 25.2. The van der Waals surface area contributed by atoms with Crippen molar-refractivity contribution in [2.75, 3.05) is 18.4 Å². The molecule has 26 heavy (non-hydrogen) atoms. The van der Waals surface area contributed by atoms with Crippen LogP contribution in [0.2, 0.25) is 0 Å². The van der Waals surface area contributed by atoms with Gasteiger partial charge < -0.3 is 10.2 Å². The molecule has 1 aliphatic carbocycles. The minimum atomic E-state index is -3.53. The first-order valence-corrected chi connectivity index (χ1v) is 11.2. The van der Waals surface area contributed by atoms with E-state index in [0.29, 0.717) is 36.5 Å². The molecular weight excluding hydrogens is 350 g/mol. The maximum Gasteiger partial charge on any atom is 0.244 e. The van der Waals surface area contributed by atoms with Crippen molar-refractivity contribution in [3.8, 4) is 0 Å². The van der Waals surface area contributed by atoms with Crippen LogP contribution in [0.4, 0.5) is 5.69 Å². The molecule has 142 valence electrons. The van der Waals surface area contributed by atoms with E-state index in [4.69, 9.17) is 0 Å². The number of carbonyl (C=O) groups excluding carboxylic acids is 1. The Morgan fingerprint density at radius 3 is 2.38 bits per heavy atom. The topological polar surface area (TPSA) is 78.5 Å². The molecule has 1 saturated heterocycles. The van der Waals surface area contributed by atoms with Crippen molar-refractivity contribution in [1.82, 2.24) is 9.62 Å². The first-order valence-electron chi connectivity index (χ1n) is 9.69. The maximum absolute atomic E-state index is 12.9. The highest BCUT2D eigenvalue weighted by atomic mass is 32.2. The Hall–Kier alpha value is -1.60. The summed E-state index contributed by atoms with van der Waals surface area (Å²) in [5, 5.41) is 3.39. The Bertz CT molecular complexity index is 777. The number of rotatable bonds is 1. The summed E-state index contributed by atoms with van der Waals surface area (Å²) >= 11 is 0. The summed E-state index contributed by atoms with van der Waals surface area (Å²) in [4.78, 5) is 15.1. The van der Waals surface area contributed by atoms with Crippen molar-refractivity contribution in [2.24, 2.45) is 5.92 Å². The maximum atomic E-state index is 12.9. The number of anilines is 1. The highest BCUT2D eigenvalue weighted by molar-refractivity contribution is 7.89. The van der Waals surface area contributed by atoms with Gasteiger partial charge in [-0.3, -0.25) is 4.79 Å². The van der Waals surface area contributed by atoms with E-state index in [-0.39, 0.29) is 11.8 Å². The van der Waals surface area contributed by atoms with Gasteiger partial charge in [0, 0.05) is 31.8 Å². The van der Waals surface area contributed by atoms with E-state index in [2.05, 4.69) is 10.0 Å². The van der Waals surface area contributed by atoms with Crippen molar-refractivity contribution >= 4 is 21.6 Å². The van der Waals surface area contributed by atoms with E-state index in [1.165, 1.54) is 12.8 Å². The number of sulfonamides is 1. The second-order valence-corrected chi connectivity index (χ2v) is 9.47. The third-order valence-corrected chi connectivity index (χ3v) is 7.61. The number of hydrogen-bond acceptors (Lipinski definition) is 4. The Labute approximate surface area is 155 Å². The lowest BCUT2D eigenvalue weighted by Gasteiger charge is -2.46. The summed E-state index contributed by atoms with van der Waals surface area (Å²) < 4.78 is 28.1. The highest BCUT2D eigenvalue weighted by Crippen LogP contribution is 2.35. The molecular formula is C19H27N3O3S. The Morgan fingerprint density at radius 1 is 1.04 bits per heavy atom. The number of piperidine rings is 1. The summed E-state index contributed by atoms with van der Waals surface area (Å²) in [5.41, 5.74) is -0.0391. The molecule has 1 spiro atoms. The first kappa shape index (κ1) is 17.8. The molecule has 2 heterocycles. The minimum absolute atomic E-state index is 0.156. The fraction of sp³-hybridized carbons (Fsp3) is 0.632. The van der Waals surface area contributed by atoms with Crippen LogP contribution in [0.25, 0.3) is 0 Å². The van der Waals surface area contributed by atoms with Crippen LogP contribution in [0, 0.1) is 5.92 Å². The van der Waals surface area contributed by atoms with E-state index >= 15 is 0 Å². The van der Waals surface area contributed by atoms with E-state index in [1.807, 2.05) is 11.0 Å². The van der Waals surface area contributed by atoms with Gasteiger partial charge in [-0.2, -0.15) is 4.72 Å². The van der Waals surface area contributed by atoms with Crippen molar-refractivity contribution in [3.05, 3.63) is 24.3 Å². The monoisotopic (exact) mass is 377 g/mol. The molecule has 6 nitrogen and oxygen atoms in total. The Morgan fingerprint density at radius 2 is 1.69 bits per heavy atom. The van der Waals surface area contributed by atoms with Gasteiger partial charge in [-0.25, -0.2) is 8.42 Å². The number of hydrogen-bond donors (Lipinski definition) is 2. The summed E-state index contributed by atoms with van der Waals surface area (Å²) in [6.07, 6.45) is 7.92. The average Bonchev–Trinajstić information content (AvgIpc) is 2.90. The number of amides is 1. The van der Waals surface area contributed by atoms with Crippen molar-refractivity contribution in [3.63, 3.8) is 0 Å². The van der Waals surface area contributed by atoms with Gasteiger partial charge in [-0.15, -0.1) is 0 Å². The van der Waals surface area contributed by atoms with Gasteiger partial charge in [-0.1, -0.05) is 37.8 Å². The fourth-order valence-electron chi connectivity index (χ4n) is 4.52. The molecule has 2 fully saturated rings. The van der Waals surface area contributed by atoms with Crippen molar-refractivity contribution in [2.45, 2.75) is 61.9 Å².